The smallest absolute Gasteiger partial charge is 0.175 e. The van der Waals surface area contributed by atoms with E-state index in [4.69, 9.17) is 26.3 Å². The average Bonchev–Trinajstić information content (AvgIpc) is 2.93. The first kappa shape index (κ1) is 39.9. The number of hydrogen-bond acceptors (Lipinski definition) is 2. The zero-order chi connectivity index (χ0) is 28.7. The van der Waals surface area contributed by atoms with Gasteiger partial charge in [-0.2, -0.15) is 22.3 Å². The van der Waals surface area contributed by atoms with Gasteiger partial charge in [-0.15, -0.1) is 48.5 Å². The van der Waals surface area contributed by atoms with Crippen molar-refractivity contribution in [3.63, 3.8) is 0 Å². The zero-order valence-corrected chi connectivity index (χ0v) is 29.2. The Balaban J connectivity index is 0.000000754. The van der Waals surface area contributed by atoms with Crippen molar-refractivity contribution in [1.82, 2.24) is 0 Å². The van der Waals surface area contributed by atoms with E-state index in [9.17, 15) is 17.2 Å². The van der Waals surface area contributed by atoms with Gasteiger partial charge < -0.3 is 0 Å². The van der Waals surface area contributed by atoms with Gasteiger partial charge in [-0.25, -0.2) is 17.2 Å². The van der Waals surface area contributed by atoms with E-state index >= 15 is 0 Å². The minimum atomic E-state index is -3.25. The van der Waals surface area contributed by atoms with Crippen LogP contribution in [-0.2, 0) is 75.3 Å². The second kappa shape index (κ2) is 17.8. The molecule has 0 spiro atoms. The maximum atomic E-state index is 12.9. The number of sulfone groups is 1. The minimum absolute atomic E-state index is 0. The molecule has 0 aromatic heterocycles. The summed E-state index contributed by atoms with van der Waals surface area (Å²) >= 11 is 0. The van der Waals surface area contributed by atoms with Gasteiger partial charge in [0.1, 0.15) is 11.6 Å². The molecule has 0 bridgehead atoms. The number of rotatable bonds is 7. The van der Waals surface area contributed by atoms with Crippen molar-refractivity contribution >= 4 is 32.1 Å². The third kappa shape index (κ3) is 11.2. The predicted molar refractivity (Wildman–Crippen MR) is 161 cm³/mol. The molecule has 0 aliphatic carbocycles. The number of aryl methyl sites for hydroxylation is 1. The molecule has 4 rings (SSSR count). The topological polar surface area (TPSA) is 34.1 Å². The van der Waals surface area contributed by atoms with E-state index in [2.05, 4.69) is 0 Å². The van der Waals surface area contributed by atoms with Gasteiger partial charge in [0.2, 0.25) is 0 Å². The Labute approximate surface area is 300 Å². The summed E-state index contributed by atoms with van der Waals surface area (Å²) in [5, 5.41) is 0. The average molecular weight is 730 g/mol. The summed E-state index contributed by atoms with van der Waals surface area (Å²) in [7, 11) is -3.25. The molecule has 0 fully saturated rings. The number of halogens is 2. The van der Waals surface area contributed by atoms with Crippen molar-refractivity contribution in [2.24, 2.45) is 0 Å². The van der Waals surface area contributed by atoms with Crippen molar-refractivity contribution < 1.29 is 82.6 Å². The van der Waals surface area contributed by atoms with Gasteiger partial charge in [-0.05, 0) is 31.2 Å². The van der Waals surface area contributed by atoms with E-state index in [1.807, 2.05) is 31.2 Å². The molecule has 0 saturated heterocycles. The third-order valence-electron chi connectivity index (χ3n) is 5.85. The Morgan fingerprint density at radius 3 is 1.02 bits per heavy atom. The molecule has 0 N–H and O–H groups in total. The van der Waals surface area contributed by atoms with Crippen LogP contribution >= 0.6 is 0 Å². The summed E-state index contributed by atoms with van der Waals surface area (Å²) in [5.74, 6) is -0.650. The molecule has 2 nitrogen and oxygen atoms in total. The van der Waals surface area contributed by atoms with Gasteiger partial charge in [-0.3, -0.25) is 48.6 Å². The number of hydrogen-bond donors (Lipinski definition) is 0. The molecule has 0 heterocycles. The monoisotopic (exact) mass is 730 g/mol. The summed E-state index contributed by atoms with van der Waals surface area (Å²) in [6, 6.07) is 25.5. The first-order chi connectivity index (χ1) is 18.4. The second-order valence-electron chi connectivity index (χ2n) is 8.83. The second-order valence-corrected chi connectivity index (χ2v) is 10.8. The van der Waals surface area contributed by atoms with E-state index in [1.165, 1.54) is 48.5 Å². The van der Waals surface area contributed by atoms with Gasteiger partial charge in [0.05, 0.1) is 4.90 Å². The number of benzene rings is 4. The fraction of sp³-hybridized carbons (Fsp3) is 0.0857. The molecule has 0 aliphatic heterocycles. The molecule has 0 atom stereocenters. The molecular formula is C35H30F2O2SY2-4. The SMILES string of the molecule is C.[CH-]=C(C(=[CH-])c1ccc(F)cc1)c1ccc(C)cc1.[CH-]=C(C(=[CH-])c1ccc(S(C)(=O)=O)cc1)c1ccc(F)cc1.[Y].[Y]. The van der Waals surface area contributed by atoms with Crippen LogP contribution in [0.25, 0.3) is 22.3 Å². The molecule has 212 valence electrons. The fourth-order valence-electron chi connectivity index (χ4n) is 3.50. The Morgan fingerprint density at radius 1 is 0.524 bits per heavy atom. The molecule has 4 aromatic carbocycles. The van der Waals surface area contributed by atoms with Crippen LogP contribution in [0, 0.1) is 44.9 Å². The summed E-state index contributed by atoms with van der Waals surface area (Å²) < 4.78 is 48.5. The molecule has 42 heavy (non-hydrogen) atoms. The quantitative estimate of drug-likeness (QED) is 0.141. The van der Waals surface area contributed by atoms with Crippen molar-refractivity contribution in [1.29, 1.82) is 0 Å². The van der Waals surface area contributed by atoms with E-state index in [0.29, 0.717) is 33.4 Å². The van der Waals surface area contributed by atoms with Crippen molar-refractivity contribution in [3.8, 4) is 0 Å². The maximum absolute atomic E-state index is 12.9. The van der Waals surface area contributed by atoms with Crippen LogP contribution < -0.4 is 0 Å². The van der Waals surface area contributed by atoms with Gasteiger partial charge in [0.25, 0.3) is 0 Å². The van der Waals surface area contributed by atoms with Crippen LogP contribution in [0.1, 0.15) is 35.2 Å². The predicted octanol–water partition coefficient (Wildman–Crippen LogP) is 8.66. The molecule has 0 saturated carbocycles. The van der Waals surface area contributed by atoms with E-state index < -0.39 is 9.84 Å². The Morgan fingerprint density at radius 2 is 0.762 bits per heavy atom. The van der Waals surface area contributed by atoms with Gasteiger partial charge in [-0.1, -0.05) is 37.3 Å². The molecule has 2 radical (unpaired) electrons. The summed E-state index contributed by atoms with van der Waals surface area (Å²) in [4.78, 5) is 0.208. The molecule has 0 unspecified atom stereocenters. The van der Waals surface area contributed by atoms with Crippen LogP contribution in [0.5, 0.6) is 0 Å². The van der Waals surface area contributed by atoms with Gasteiger partial charge in [0, 0.05) is 71.7 Å². The van der Waals surface area contributed by atoms with E-state index in [1.54, 1.807) is 24.3 Å². The van der Waals surface area contributed by atoms with Crippen LogP contribution in [0.2, 0.25) is 0 Å². The molecule has 0 aliphatic rings. The molecular weight excluding hydrogens is 700 g/mol. The largest absolute Gasteiger partial charge is 0.298 e. The zero-order valence-electron chi connectivity index (χ0n) is 22.7. The van der Waals surface area contributed by atoms with Crippen LogP contribution in [0.3, 0.4) is 0 Å². The summed E-state index contributed by atoms with van der Waals surface area (Å²) in [5.41, 5.74) is 5.51. The third-order valence-corrected chi connectivity index (χ3v) is 6.98. The van der Waals surface area contributed by atoms with Crippen molar-refractivity contribution in [3.05, 3.63) is 163 Å². The Bertz CT molecular complexity index is 1570. The van der Waals surface area contributed by atoms with Crippen LogP contribution in [0.15, 0.2) is 102 Å². The normalized spacial score (nSPS) is 9.90. The van der Waals surface area contributed by atoms with Crippen molar-refractivity contribution in [2.45, 2.75) is 19.2 Å². The Kier molecular flexibility index (Phi) is 16.9. The molecule has 4 aromatic rings. The Hall–Kier alpha value is -2.14. The van der Waals surface area contributed by atoms with Crippen LogP contribution in [0.4, 0.5) is 8.78 Å². The van der Waals surface area contributed by atoms with Crippen molar-refractivity contribution in [2.75, 3.05) is 6.26 Å². The van der Waals surface area contributed by atoms with E-state index in [-0.39, 0.29) is 89.4 Å². The summed E-state index contributed by atoms with van der Waals surface area (Å²) in [6.45, 7) is 26.0. The van der Waals surface area contributed by atoms with Gasteiger partial charge in [0.15, 0.2) is 9.84 Å². The standard InChI is InChI=1S/C17H13FO2S.C17H13F.CH4.2Y/c1-12(14-4-8-16(18)9-5-14)13(2)15-6-10-17(11-7-15)21(3,19)20;1-12-4-6-15(7-5-12)13(2)14(3)16-8-10-17(18)11-9-16;;;/h1-2,4-11H,3H3;2-11H,1H3;1H4;;/q2*-2;;;. The first-order valence-electron chi connectivity index (χ1n) is 11.8. The van der Waals surface area contributed by atoms with Gasteiger partial charge >= 0.3 is 0 Å². The molecule has 0 amide bonds. The summed E-state index contributed by atoms with van der Waals surface area (Å²) in [6.07, 6.45) is 1.13. The van der Waals surface area contributed by atoms with E-state index in [0.717, 1.165) is 22.9 Å². The number of allylic oxidation sites excluding steroid dienone is 4. The first-order valence-corrected chi connectivity index (χ1v) is 13.7. The minimum Gasteiger partial charge on any atom is -0.298 e. The maximum Gasteiger partial charge on any atom is 0.175 e. The molecule has 7 heteroatoms. The fourth-order valence-corrected chi connectivity index (χ4v) is 4.13. The van der Waals surface area contributed by atoms with Crippen LogP contribution in [-0.4, -0.2) is 14.7 Å².